The maximum absolute atomic E-state index is 12.1. The van der Waals surface area contributed by atoms with E-state index in [0.717, 1.165) is 0 Å². The standard InChI is InChI=1S/C14H12N2O4/c1-16-5-4-15-14(16)11(18)7-10(17)9-2-3-12-13(6-9)20-8-19-12/h2-6H,7-8H2,1H3. The van der Waals surface area contributed by atoms with Crippen molar-refractivity contribution < 1.29 is 19.1 Å². The quantitative estimate of drug-likeness (QED) is 0.624. The second-order valence-corrected chi connectivity index (χ2v) is 4.45. The summed E-state index contributed by atoms with van der Waals surface area (Å²) in [6, 6.07) is 4.89. The molecule has 0 atom stereocenters. The number of carbonyl (C=O) groups is 2. The predicted octanol–water partition coefficient (Wildman–Crippen LogP) is 1.60. The van der Waals surface area contributed by atoms with E-state index in [0.29, 0.717) is 17.1 Å². The molecule has 0 bridgehead atoms. The molecule has 0 unspecified atom stereocenters. The summed E-state index contributed by atoms with van der Waals surface area (Å²) in [4.78, 5) is 28.0. The molecule has 3 rings (SSSR count). The van der Waals surface area contributed by atoms with Gasteiger partial charge in [-0.15, -0.1) is 0 Å². The minimum Gasteiger partial charge on any atom is -0.454 e. The van der Waals surface area contributed by atoms with Crippen LogP contribution in [0.1, 0.15) is 27.4 Å². The number of fused-ring (bicyclic) bond motifs is 1. The van der Waals surface area contributed by atoms with Crippen molar-refractivity contribution in [2.75, 3.05) is 6.79 Å². The van der Waals surface area contributed by atoms with E-state index in [9.17, 15) is 9.59 Å². The number of imidazole rings is 1. The molecule has 0 radical (unpaired) electrons. The average Bonchev–Trinajstić information content (AvgIpc) is 3.05. The molecule has 1 aliphatic heterocycles. The molecule has 0 N–H and O–H groups in total. The van der Waals surface area contributed by atoms with Gasteiger partial charge in [0.2, 0.25) is 12.6 Å². The van der Waals surface area contributed by atoms with E-state index in [4.69, 9.17) is 9.47 Å². The third-order valence-corrected chi connectivity index (χ3v) is 3.09. The lowest BCUT2D eigenvalue weighted by Gasteiger charge is -2.03. The normalized spacial score (nSPS) is 12.4. The van der Waals surface area contributed by atoms with E-state index in [1.54, 1.807) is 36.0 Å². The topological polar surface area (TPSA) is 70.4 Å². The summed E-state index contributed by atoms with van der Waals surface area (Å²) in [5.41, 5.74) is 0.428. The molecule has 0 spiro atoms. The van der Waals surface area contributed by atoms with Crippen molar-refractivity contribution in [3.8, 4) is 11.5 Å². The van der Waals surface area contributed by atoms with Crippen molar-refractivity contribution in [1.29, 1.82) is 0 Å². The lowest BCUT2D eigenvalue weighted by Crippen LogP contribution is -2.12. The summed E-state index contributed by atoms with van der Waals surface area (Å²) in [5.74, 6) is 0.841. The number of benzene rings is 1. The van der Waals surface area contributed by atoms with Crippen molar-refractivity contribution in [3.63, 3.8) is 0 Å². The van der Waals surface area contributed by atoms with Gasteiger partial charge in [-0.25, -0.2) is 4.98 Å². The van der Waals surface area contributed by atoms with Crippen LogP contribution in [-0.2, 0) is 7.05 Å². The molecule has 1 aromatic heterocycles. The predicted molar refractivity (Wildman–Crippen MR) is 69.1 cm³/mol. The van der Waals surface area contributed by atoms with Crippen molar-refractivity contribution in [3.05, 3.63) is 42.0 Å². The van der Waals surface area contributed by atoms with Crippen LogP contribution in [0, 0.1) is 0 Å². The highest BCUT2D eigenvalue weighted by Crippen LogP contribution is 2.32. The largest absolute Gasteiger partial charge is 0.454 e. The molecular formula is C14H12N2O4. The summed E-state index contributed by atoms with van der Waals surface area (Å²) in [5, 5.41) is 0. The van der Waals surface area contributed by atoms with E-state index >= 15 is 0 Å². The zero-order valence-electron chi connectivity index (χ0n) is 10.8. The average molecular weight is 272 g/mol. The third kappa shape index (κ3) is 2.16. The Bertz CT molecular complexity index is 690. The number of carbonyl (C=O) groups excluding carboxylic acids is 2. The zero-order valence-corrected chi connectivity index (χ0v) is 10.8. The van der Waals surface area contributed by atoms with Gasteiger partial charge in [0.05, 0.1) is 6.42 Å². The molecule has 0 amide bonds. The second-order valence-electron chi connectivity index (χ2n) is 4.45. The first kappa shape index (κ1) is 12.4. The Kier molecular flexibility index (Phi) is 2.98. The Balaban J connectivity index is 1.77. The molecule has 1 aliphatic rings. The van der Waals surface area contributed by atoms with Crippen molar-refractivity contribution in [2.24, 2.45) is 7.05 Å². The number of Topliss-reactive ketones (excluding diaryl/α,β-unsaturated/α-hetero) is 2. The maximum Gasteiger partial charge on any atom is 0.231 e. The van der Waals surface area contributed by atoms with Gasteiger partial charge < -0.3 is 14.0 Å². The van der Waals surface area contributed by atoms with Crippen molar-refractivity contribution in [2.45, 2.75) is 6.42 Å². The van der Waals surface area contributed by atoms with Gasteiger partial charge in [0.15, 0.2) is 23.1 Å². The molecule has 20 heavy (non-hydrogen) atoms. The lowest BCUT2D eigenvalue weighted by atomic mass is 10.1. The number of hydrogen-bond donors (Lipinski definition) is 0. The fourth-order valence-corrected chi connectivity index (χ4v) is 2.03. The Morgan fingerprint density at radius 1 is 1.25 bits per heavy atom. The number of hydrogen-bond acceptors (Lipinski definition) is 5. The van der Waals surface area contributed by atoms with Crippen LogP contribution in [0.2, 0.25) is 0 Å². The van der Waals surface area contributed by atoms with Gasteiger partial charge in [-0.05, 0) is 18.2 Å². The van der Waals surface area contributed by atoms with Crippen LogP contribution in [0.25, 0.3) is 0 Å². The maximum atomic E-state index is 12.1. The van der Waals surface area contributed by atoms with Crippen LogP contribution in [-0.4, -0.2) is 27.9 Å². The van der Waals surface area contributed by atoms with Crippen LogP contribution >= 0.6 is 0 Å². The Hall–Kier alpha value is -2.63. The first-order chi connectivity index (χ1) is 9.65. The molecular weight excluding hydrogens is 260 g/mol. The molecule has 0 fully saturated rings. The third-order valence-electron chi connectivity index (χ3n) is 3.09. The summed E-state index contributed by atoms with van der Waals surface area (Å²) >= 11 is 0. The zero-order chi connectivity index (χ0) is 14.1. The highest BCUT2D eigenvalue weighted by molar-refractivity contribution is 6.12. The van der Waals surface area contributed by atoms with E-state index < -0.39 is 0 Å². The molecule has 6 heteroatoms. The molecule has 2 heterocycles. The van der Waals surface area contributed by atoms with Gasteiger partial charge in [0, 0.05) is 25.0 Å². The Labute approximate surface area is 114 Å². The summed E-state index contributed by atoms with van der Waals surface area (Å²) in [6.45, 7) is 0.152. The van der Waals surface area contributed by atoms with E-state index in [1.165, 1.54) is 6.20 Å². The van der Waals surface area contributed by atoms with Gasteiger partial charge in [-0.2, -0.15) is 0 Å². The van der Waals surface area contributed by atoms with Crippen LogP contribution in [0.5, 0.6) is 11.5 Å². The summed E-state index contributed by atoms with van der Waals surface area (Å²) < 4.78 is 12.0. The van der Waals surface area contributed by atoms with Crippen LogP contribution in [0.15, 0.2) is 30.6 Å². The van der Waals surface area contributed by atoms with E-state index in [1.807, 2.05) is 0 Å². The van der Waals surface area contributed by atoms with Crippen LogP contribution in [0.3, 0.4) is 0 Å². The van der Waals surface area contributed by atoms with Crippen molar-refractivity contribution in [1.82, 2.24) is 9.55 Å². The fraction of sp³-hybridized carbons (Fsp3) is 0.214. The highest BCUT2D eigenvalue weighted by Gasteiger charge is 2.20. The van der Waals surface area contributed by atoms with Gasteiger partial charge in [0.25, 0.3) is 0 Å². The van der Waals surface area contributed by atoms with Crippen LogP contribution < -0.4 is 9.47 Å². The van der Waals surface area contributed by atoms with Gasteiger partial charge in [0.1, 0.15) is 0 Å². The van der Waals surface area contributed by atoms with Gasteiger partial charge >= 0.3 is 0 Å². The number of ketones is 2. The molecule has 6 nitrogen and oxygen atoms in total. The molecule has 0 aliphatic carbocycles. The highest BCUT2D eigenvalue weighted by atomic mass is 16.7. The van der Waals surface area contributed by atoms with Crippen molar-refractivity contribution >= 4 is 11.6 Å². The smallest absolute Gasteiger partial charge is 0.231 e. The lowest BCUT2D eigenvalue weighted by molar-refractivity contribution is 0.0886. The molecule has 1 aromatic carbocycles. The number of nitrogens with zero attached hydrogens (tertiary/aromatic N) is 2. The van der Waals surface area contributed by atoms with Crippen LogP contribution in [0.4, 0.5) is 0 Å². The number of aryl methyl sites for hydroxylation is 1. The summed E-state index contributed by atoms with van der Waals surface area (Å²) in [7, 11) is 1.71. The number of rotatable bonds is 4. The summed E-state index contributed by atoms with van der Waals surface area (Å²) in [6.07, 6.45) is 2.97. The molecule has 0 saturated carbocycles. The minimum atomic E-state index is -0.305. The second kappa shape index (κ2) is 4.80. The number of ether oxygens (including phenoxy) is 2. The SMILES string of the molecule is Cn1ccnc1C(=O)CC(=O)c1ccc2c(c1)OCO2. The fourth-order valence-electron chi connectivity index (χ4n) is 2.03. The van der Waals surface area contributed by atoms with Gasteiger partial charge in [-0.3, -0.25) is 9.59 Å². The molecule has 0 saturated heterocycles. The first-order valence-electron chi connectivity index (χ1n) is 6.08. The Morgan fingerprint density at radius 2 is 2.05 bits per heavy atom. The van der Waals surface area contributed by atoms with Gasteiger partial charge in [-0.1, -0.05) is 0 Å². The minimum absolute atomic E-state index is 0.152. The number of aromatic nitrogens is 2. The van der Waals surface area contributed by atoms with E-state index in [2.05, 4.69) is 4.98 Å². The molecule has 102 valence electrons. The monoisotopic (exact) mass is 272 g/mol. The first-order valence-corrected chi connectivity index (χ1v) is 6.08. The van der Waals surface area contributed by atoms with E-state index in [-0.39, 0.29) is 30.6 Å². The molecule has 2 aromatic rings. The Morgan fingerprint density at radius 3 is 2.80 bits per heavy atom.